The van der Waals surface area contributed by atoms with Crippen LogP contribution in [0.2, 0.25) is 0 Å². The van der Waals surface area contributed by atoms with Gasteiger partial charge in [-0.25, -0.2) is 0 Å². The van der Waals surface area contributed by atoms with Gasteiger partial charge in [-0.05, 0) is 25.3 Å². The second kappa shape index (κ2) is 3.87. The van der Waals surface area contributed by atoms with Crippen LogP contribution in [0.15, 0.2) is 0 Å². The van der Waals surface area contributed by atoms with Crippen molar-refractivity contribution in [1.82, 2.24) is 16.0 Å². The van der Waals surface area contributed by atoms with Gasteiger partial charge in [0.25, 0.3) is 0 Å². The summed E-state index contributed by atoms with van der Waals surface area (Å²) in [7, 11) is 0. The summed E-state index contributed by atoms with van der Waals surface area (Å²) >= 11 is 0. The summed E-state index contributed by atoms with van der Waals surface area (Å²) in [5.41, 5.74) is 0. The van der Waals surface area contributed by atoms with Gasteiger partial charge in [0.05, 0.1) is 12.2 Å². The van der Waals surface area contributed by atoms with Crippen LogP contribution in [-0.2, 0) is 4.79 Å². The SMILES string of the molecule is CC(C)C1NC2CCCNC2NC1=O. The number of piperazine rings is 1. The van der Waals surface area contributed by atoms with E-state index in [-0.39, 0.29) is 18.1 Å². The second-order valence-corrected chi connectivity index (χ2v) is 4.58. The molecule has 2 saturated heterocycles. The lowest BCUT2D eigenvalue weighted by molar-refractivity contribution is -0.128. The highest BCUT2D eigenvalue weighted by molar-refractivity contribution is 5.83. The summed E-state index contributed by atoms with van der Waals surface area (Å²) in [5.74, 6) is 0.494. The average molecular weight is 197 g/mol. The van der Waals surface area contributed by atoms with Crippen LogP contribution in [-0.4, -0.2) is 30.7 Å². The zero-order chi connectivity index (χ0) is 10.1. The summed E-state index contributed by atoms with van der Waals surface area (Å²) in [6.07, 6.45) is 2.49. The molecule has 3 unspecified atom stereocenters. The predicted octanol–water partition coefficient (Wildman–Crippen LogP) is -0.191. The molecule has 0 radical (unpaired) electrons. The van der Waals surface area contributed by atoms with E-state index in [1.807, 2.05) is 0 Å². The highest BCUT2D eigenvalue weighted by Gasteiger charge is 2.37. The van der Waals surface area contributed by atoms with Crippen LogP contribution in [0.25, 0.3) is 0 Å². The predicted molar refractivity (Wildman–Crippen MR) is 54.7 cm³/mol. The Morgan fingerprint density at radius 2 is 2.21 bits per heavy atom. The van der Waals surface area contributed by atoms with Gasteiger partial charge >= 0.3 is 0 Å². The molecule has 2 heterocycles. The van der Waals surface area contributed by atoms with Gasteiger partial charge in [-0.3, -0.25) is 15.4 Å². The van der Waals surface area contributed by atoms with Gasteiger partial charge in [-0.2, -0.15) is 0 Å². The summed E-state index contributed by atoms with van der Waals surface area (Å²) in [5, 5.41) is 9.78. The molecule has 0 aliphatic carbocycles. The van der Waals surface area contributed by atoms with Crippen molar-refractivity contribution >= 4 is 5.91 Å². The first-order valence-corrected chi connectivity index (χ1v) is 5.48. The van der Waals surface area contributed by atoms with Gasteiger partial charge in [0, 0.05) is 6.04 Å². The minimum absolute atomic E-state index is 0.0175. The third-order valence-corrected chi connectivity index (χ3v) is 3.10. The van der Waals surface area contributed by atoms with Crippen molar-refractivity contribution in [3.63, 3.8) is 0 Å². The van der Waals surface area contributed by atoms with Crippen LogP contribution in [0.5, 0.6) is 0 Å². The van der Waals surface area contributed by atoms with E-state index in [0.29, 0.717) is 12.0 Å². The lowest BCUT2D eigenvalue weighted by Gasteiger charge is -2.42. The third kappa shape index (κ3) is 1.77. The lowest BCUT2D eigenvalue weighted by atomic mass is 9.94. The van der Waals surface area contributed by atoms with E-state index in [0.717, 1.165) is 13.0 Å². The molecule has 4 heteroatoms. The van der Waals surface area contributed by atoms with Gasteiger partial charge in [0.2, 0.25) is 5.91 Å². The number of hydrogen-bond acceptors (Lipinski definition) is 3. The van der Waals surface area contributed by atoms with Gasteiger partial charge in [0.1, 0.15) is 0 Å². The van der Waals surface area contributed by atoms with Crippen molar-refractivity contribution < 1.29 is 4.79 Å². The van der Waals surface area contributed by atoms with Crippen LogP contribution >= 0.6 is 0 Å². The summed E-state index contributed by atoms with van der Waals surface area (Å²) in [4.78, 5) is 11.7. The van der Waals surface area contributed by atoms with Gasteiger partial charge in [-0.15, -0.1) is 0 Å². The molecule has 0 spiro atoms. The molecule has 3 atom stereocenters. The highest BCUT2D eigenvalue weighted by Crippen LogP contribution is 2.15. The Kier molecular flexibility index (Phi) is 2.74. The molecule has 1 amide bonds. The molecule has 2 aliphatic rings. The molecular formula is C10H19N3O. The van der Waals surface area contributed by atoms with E-state index >= 15 is 0 Å². The van der Waals surface area contributed by atoms with Crippen molar-refractivity contribution in [2.45, 2.75) is 44.9 Å². The second-order valence-electron chi connectivity index (χ2n) is 4.58. The van der Waals surface area contributed by atoms with Crippen molar-refractivity contribution in [1.29, 1.82) is 0 Å². The van der Waals surface area contributed by atoms with Gasteiger partial charge < -0.3 is 5.32 Å². The van der Waals surface area contributed by atoms with Crippen LogP contribution in [0, 0.1) is 5.92 Å². The van der Waals surface area contributed by atoms with Crippen LogP contribution < -0.4 is 16.0 Å². The molecule has 80 valence electrons. The molecule has 2 rings (SSSR count). The molecule has 0 aromatic heterocycles. The molecule has 2 aliphatic heterocycles. The zero-order valence-corrected chi connectivity index (χ0v) is 8.84. The Hall–Kier alpha value is -0.610. The Morgan fingerprint density at radius 3 is 2.93 bits per heavy atom. The number of fused-ring (bicyclic) bond motifs is 1. The Bertz CT molecular complexity index is 229. The summed E-state index contributed by atoms with van der Waals surface area (Å²) in [6, 6.07) is 0.394. The summed E-state index contributed by atoms with van der Waals surface area (Å²) in [6.45, 7) is 5.16. The fraction of sp³-hybridized carbons (Fsp3) is 0.900. The average Bonchev–Trinajstić information content (AvgIpc) is 2.16. The number of carbonyl (C=O) groups excluding carboxylic acids is 1. The maximum Gasteiger partial charge on any atom is 0.238 e. The molecule has 0 aromatic rings. The fourth-order valence-electron chi connectivity index (χ4n) is 2.26. The molecule has 0 aromatic carbocycles. The molecular weight excluding hydrogens is 178 g/mol. The maximum absolute atomic E-state index is 11.7. The van der Waals surface area contributed by atoms with E-state index < -0.39 is 0 Å². The first kappa shape index (κ1) is 9.93. The largest absolute Gasteiger partial charge is 0.338 e. The minimum Gasteiger partial charge on any atom is -0.338 e. The van der Waals surface area contributed by atoms with E-state index in [1.165, 1.54) is 6.42 Å². The van der Waals surface area contributed by atoms with Gasteiger partial charge in [-0.1, -0.05) is 13.8 Å². The monoisotopic (exact) mass is 197 g/mol. The smallest absolute Gasteiger partial charge is 0.238 e. The maximum atomic E-state index is 11.7. The van der Waals surface area contributed by atoms with E-state index in [9.17, 15) is 4.79 Å². The van der Waals surface area contributed by atoms with Crippen LogP contribution in [0.1, 0.15) is 26.7 Å². The normalized spacial score (nSPS) is 37.9. The topological polar surface area (TPSA) is 53.2 Å². The van der Waals surface area contributed by atoms with Gasteiger partial charge in [0.15, 0.2) is 0 Å². The van der Waals surface area contributed by atoms with Crippen molar-refractivity contribution in [2.75, 3.05) is 6.54 Å². The first-order valence-electron chi connectivity index (χ1n) is 5.48. The molecule has 0 bridgehead atoms. The number of nitrogens with one attached hydrogen (secondary N) is 3. The van der Waals surface area contributed by atoms with Crippen molar-refractivity contribution in [2.24, 2.45) is 5.92 Å². The van der Waals surface area contributed by atoms with E-state index in [4.69, 9.17) is 0 Å². The molecule has 0 saturated carbocycles. The third-order valence-electron chi connectivity index (χ3n) is 3.10. The molecule has 2 fully saturated rings. The first-order chi connectivity index (χ1) is 6.68. The fourth-order valence-corrected chi connectivity index (χ4v) is 2.26. The van der Waals surface area contributed by atoms with E-state index in [2.05, 4.69) is 29.8 Å². The number of rotatable bonds is 1. The molecule has 4 nitrogen and oxygen atoms in total. The molecule has 3 N–H and O–H groups in total. The number of piperidine rings is 1. The number of hydrogen-bond donors (Lipinski definition) is 3. The highest BCUT2D eigenvalue weighted by atomic mass is 16.2. The Labute approximate surface area is 84.8 Å². The quantitative estimate of drug-likeness (QED) is 0.546. The Balaban J connectivity index is 2.03. The van der Waals surface area contributed by atoms with E-state index in [1.54, 1.807) is 0 Å². The minimum atomic E-state index is -0.0175. The Morgan fingerprint density at radius 1 is 1.43 bits per heavy atom. The van der Waals surface area contributed by atoms with Crippen molar-refractivity contribution in [3.05, 3.63) is 0 Å². The zero-order valence-electron chi connectivity index (χ0n) is 8.84. The van der Waals surface area contributed by atoms with Crippen LogP contribution in [0.4, 0.5) is 0 Å². The number of carbonyl (C=O) groups is 1. The standard InChI is InChI=1S/C10H19N3O/c1-6(2)8-10(14)13-9-7(12-8)4-3-5-11-9/h6-9,11-12H,3-5H2,1-2H3,(H,13,14). The molecule has 14 heavy (non-hydrogen) atoms. The summed E-state index contributed by atoms with van der Waals surface area (Å²) < 4.78 is 0. The van der Waals surface area contributed by atoms with Crippen LogP contribution in [0.3, 0.4) is 0 Å². The lowest BCUT2D eigenvalue weighted by Crippen LogP contribution is -2.70. The number of amides is 1. The van der Waals surface area contributed by atoms with Crippen molar-refractivity contribution in [3.8, 4) is 0 Å².